The number of benzene rings is 1. The first-order chi connectivity index (χ1) is 27.8. The van der Waals surface area contributed by atoms with Crippen molar-refractivity contribution in [3.8, 4) is 11.5 Å². The van der Waals surface area contributed by atoms with Crippen LogP contribution in [-0.2, 0) is 38.4 Å². The summed E-state index contributed by atoms with van der Waals surface area (Å²) in [6, 6.07) is -3.78. The van der Waals surface area contributed by atoms with E-state index in [1.54, 1.807) is 0 Å². The maximum absolute atomic E-state index is 13.4. The highest BCUT2D eigenvalue weighted by Crippen LogP contribution is 2.27. The van der Waals surface area contributed by atoms with Gasteiger partial charge in [0.15, 0.2) is 11.5 Å². The maximum atomic E-state index is 13.4. The van der Waals surface area contributed by atoms with Crippen LogP contribution in [0.15, 0.2) is 18.2 Å². The molecule has 1 aromatic rings. The van der Waals surface area contributed by atoms with Gasteiger partial charge in [-0.25, -0.2) is 14.9 Å². The number of aliphatic hydroxyl groups excluding tert-OH is 2. The molecule has 1 rings (SSSR count). The molecular formula is C34H53N9O16. The molecule has 25 nitrogen and oxygen atoms in total. The zero-order valence-corrected chi connectivity index (χ0v) is 31.9. The van der Waals surface area contributed by atoms with Gasteiger partial charge in [-0.1, -0.05) is 12.5 Å². The minimum atomic E-state index is -1.80. The molecule has 59 heavy (non-hydrogen) atoms. The van der Waals surface area contributed by atoms with E-state index in [9.17, 15) is 79.1 Å². The Hall–Kier alpha value is -6.15. The molecule has 330 valence electrons. The van der Waals surface area contributed by atoms with Crippen LogP contribution in [0.25, 0.3) is 0 Å². The van der Waals surface area contributed by atoms with Gasteiger partial charge in [0.05, 0.1) is 31.1 Å². The van der Waals surface area contributed by atoms with E-state index in [-0.39, 0.29) is 80.2 Å². The van der Waals surface area contributed by atoms with Crippen LogP contribution in [0.5, 0.6) is 11.5 Å². The van der Waals surface area contributed by atoms with E-state index in [1.807, 2.05) is 0 Å². The van der Waals surface area contributed by atoms with Crippen molar-refractivity contribution in [3.63, 3.8) is 0 Å². The fourth-order valence-corrected chi connectivity index (χ4v) is 5.27. The molecule has 0 fully saturated rings. The molecular weight excluding hydrogens is 790 g/mol. The van der Waals surface area contributed by atoms with E-state index in [0.717, 1.165) is 0 Å². The number of nitrogens with zero attached hydrogens (tertiary/aromatic N) is 2. The smallest absolute Gasteiger partial charge is 0.326 e. The normalized spacial score (nSPS) is 13.8. The second kappa shape index (κ2) is 26.7. The molecule has 0 heterocycles. The van der Waals surface area contributed by atoms with Gasteiger partial charge in [-0.3, -0.25) is 48.8 Å². The average Bonchev–Trinajstić information content (AvgIpc) is 3.18. The highest BCUT2D eigenvalue weighted by molar-refractivity contribution is 5.98. The number of carboxylic acid groups (broad SMARTS) is 1. The molecule has 0 aliphatic rings. The van der Waals surface area contributed by atoms with E-state index in [4.69, 9.17) is 11.5 Å². The number of hydrogen-bond acceptors (Lipinski definition) is 16. The van der Waals surface area contributed by atoms with E-state index in [2.05, 4.69) is 26.6 Å². The lowest BCUT2D eigenvalue weighted by atomic mass is 10.0. The van der Waals surface area contributed by atoms with Gasteiger partial charge in [-0.15, -0.1) is 0 Å². The highest BCUT2D eigenvalue weighted by Gasteiger charge is 2.32. The van der Waals surface area contributed by atoms with Crippen LogP contribution in [0.2, 0.25) is 0 Å². The van der Waals surface area contributed by atoms with Crippen molar-refractivity contribution in [2.24, 2.45) is 11.5 Å². The molecule has 0 saturated carbocycles. The van der Waals surface area contributed by atoms with E-state index >= 15 is 0 Å². The van der Waals surface area contributed by atoms with Gasteiger partial charge in [0.2, 0.25) is 42.4 Å². The van der Waals surface area contributed by atoms with Crippen molar-refractivity contribution in [3.05, 3.63) is 23.8 Å². The summed E-state index contributed by atoms with van der Waals surface area (Å²) in [4.78, 5) is 110. The van der Waals surface area contributed by atoms with Gasteiger partial charge in [0.25, 0.3) is 5.91 Å². The van der Waals surface area contributed by atoms with Crippen LogP contribution in [0.1, 0.15) is 68.1 Å². The van der Waals surface area contributed by atoms with Gasteiger partial charge < -0.3 is 63.6 Å². The molecule has 6 unspecified atom stereocenters. The van der Waals surface area contributed by atoms with Crippen molar-refractivity contribution in [1.29, 1.82) is 0 Å². The summed E-state index contributed by atoms with van der Waals surface area (Å²) >= 11 is 0. The minimum Gasteiger partial charge on any atom is -0.504 e. The number of nitrogens with one attached hydrogen (secondary N) is 5. The van der Waals surface area contributed by atoms with Crippen molar-refractivity contribution in [2.45, 2.75) is 94.1 Å². The average molecular weight is 844 g/mol. The van der Waals surface area contributed by atoms with Crippen molar-refractivity contribution in [1.82, 2.24) is 36.7 Å². The zero-order chi connectivity index (χ0) is 44.7. The van der Waals surface area contributed by atoms with Gasteiger partial charge in [0.1, 0.15) is 24.2 Å². The Morgan fingerprint density at radius 3 is 1.83 bits per heavy atom. The second-order valence-corrected chi connectivity index (χ2v) is 13.2. The van der Waals surface area contributed by atoms with Crippen molar-refractivity contribution in [2.75, 3.05) is 26.2 Å². The molecule has 0 saturated heterocycles. The molecule has 16 N–H and O–H groups in total. The number of phenols is 2. The summed E-state index contributed by atoms with van der Waals surface area (Å²) < 4.78 is 0. The number of amides is 8. The number of aliphatic carboxylic acids is 1. The maximum Gasteiger partial charge on any atom is 0.326 e. The fraction of sp³-hybridized carbons (Fsp3) is 0.559. The number of rotatable bonds is 30. The Balaban J connectivity index is 2.89. The summed E-state index contributed by atoms with van der Waals surface area (Å²) in [5.41, 5.74) is 11.1. The number of hydrogen-bond donors (Lipinski definition) is 14. The molecule has 6 atom stereocenters. The van der Waals surface area contributed by atoms with Crippen molar-refractivity contribution < 1.29 is 79.1 Å². The summed E-state index contributed by atoms with van der Waals surface area (Å²) in [6.45, 7) is -1.49. The van der Waals surface area contributed by atoms with Crippen LogP contribution < -0.4 is 38.1 Å². The quantitative estimate of drug-likeness (QED) is 0.0114. The summed E-state index contributed by atoms with van der Waals surface area (Å²) in [5, 5.41) is 79.8. The van der Waals surface area contributed by atoms with Crippen LogP contribution >= 0.6 is 0 Å². The highest BCUT2D eigenvalue weighted by atomic mass is 16.5. The molecule has 0 spiro atoms. The number of unbranched alkanes of at least 4 members (excludes halogenated alkanes) is 1. The van der Waals surface area contributed by atoms with Gasteiger partial charge in [-0.05, 0) is 50.7 Å². The fourth-order valence-electron chi connectivity index (χ4n) is 5.27. The Labute approximate surface area is 337 Å². The molecule has 0 radical (unpaired) electrons. The monoisotopic (exact) mass is 843 g/mol. The number of hydroxylamine groups is 4. The summed E-state index contributed by atoms with van der Waals surface area (Å²) in [6.07, 6.45) is -2.71. The van der Waals surface area contributed by atoms with E-state index < -0.39 is 109 Å². The first-order valence-electron chi connectivity index (χ1n) is 18.2. The Bertz CT molecular complexity index is 1600. The number of primary amides is 1. The molecule has 0 aliphatic carbocycles. The van der Waals surface area contributed by atoms with Gasteiger partial charge >= 0.3 is 5.97 Å². The summed E-state index contributed by atoms with van der Waals surface area (Å²) in [5.74, 6) is -8.73. The van der Waals surface area contributed by atoms with Gasteiger partial charge in [-0.2, -0.15) is 0 Å². The number of aliphatic hydroxyl groups is 2. The lowest BCUT2D eigenvalue weighted by Gasteiger charge is -2.26. The number of carbonyl (C=O) groups excluding carboxylic acids is 8. The molecule has 0 aromatic heterocycles. The Kier molecular flexibility index (Phi) is 23.0. The SMILES string of the molecule is NC(=O)CC(NC(=O)C(CCCN(O)C=O)NC(=O)C(CO)NC(=O)CC(O)C(N)CCCCNC(=O)c1cccc(O)c1O)C(=O)NC(CCCN(O)C=O)C(=O)O. The summed E-state index contributed by atoms with van der Waals surface area (Å²) in [7, 11) is 0. The minimum absolute atomic E-state index is 0.0573. The predicted molar refractivity (Wildman–Crippen MR) is 198 cm³/mol. The first kappa shape index (κ1) is 50.9. The lowest BCUT2D eigenvalue weighted by molar-refractivity contribution is -0.150. The number of carbonyl (C=O) groups is 9. The van der Waals surface area contributed by atoms with Crippen molar-refractivity contribution >= 4 is 54.2 Å². The number of aromatic hydroxyl groups is 2. The Morgan fingerprint density at radius 2 is 1.27 bits per heavy atom. The number of para-hydroxylation sites is 1. The molecule has 25 heteroatoms. The molecule has 0 aliphatic heterocycles. The van der Waals surface area contributed by atoms with E-state index in [0.29, 0.717) is 12.8 Å². The third-order valence-corrected chi connectivity index (χ3v) is 8.52. The molecule has 8 amide bonds. The van der Waals surface area contributed by atoms with Crippen LogP contribution in [0.3, 0.4) is 0 Å². The number of carboxylic acids is 1. The lowest BCUT2D eigenvalue weighted by Crippen LogP contribution is -2.59. The van der Waals surface area contributed by atoms with E-state index in [1.165, 1.54) is 18.2 Å². The zero-order valence-electron chi connectivity index (χ0n) is 31.9. The third-order valence-electron chi connectivity index (χ3n) is 8.52. The number of nitrogens with two attached hydrogens (primary N) is 2. The topological polar surface area (TPSA) is 414 Å². The first-order valence-corrected chi connectivity index (χ1v) is 18.2. The van der Waals surface area contributed by atoms with Crippen LogP contribution in [0.4, 0.5) is 0 Å². The largest absolute Gasteiger partial charge is 0.504 e. The second-order valence-electron chi connectivity index (χ2n) is 13.2. The molecule has 0 bridgehead atoms. The number of phenolic OH excluding ortho intramolecular Hbond substituents is 2. The van der Waals surface area contributed by atoms with Crippen LogP contribution in [-0.4, -0.2) is 163 Å². The third kappa shape index (κ3) is 19.2. The standard InChI is InChI=1S/C34H53N9O16/c35-20(7-1-2-11-37-30(52)19-6-3-10-25(47)29(19)51)26(48)15-28(50)38-24(16-44)33(55)39-21(8-4-12-42(58)17-45)31(53)41-23(14-27(36)49)32(54)40-22(34(56)57)9-5-13-43(59)18-46/h3,6,10,17-18,20-24,26,44,47-48,51,58-59H,1-2,4-5,7-9,11-16,35H2,(H2,36,49)(H,37,52)(H,38,50)(H,39,55)(H,40,54)(H,41,53)(H,56,57). The van der Waals surface area contributed by atoms with Gasteiger partial charge in [0, 0.05) is 25.7 Å². The Morgan fingerprint density at radius 1 is 0.729 bits per heavy atom. The van der Waals surface area contributed by atoms with Crippen LogP contribution in [0, 0.1) is 0 Å². The molecule has 1 aromatic carbocycles. The predicted octanol–water partition coefficient (Wildman–Crippen LogP) is -4.78.